The van der Waals surface area contributed by atoms with E-state index in [9.17, 15) is 0 Å². The molecule has 3 heteroatoms. The molecule has 0 aliphatic carbocycles. The molecule has 2 aromatic rings. The molecule has 0 aliphatic heterocycles. The maximum Gasteiger partial charge on any atom is 0.0784 e. The van der Waals surface area contributed by atoms with Gasteiger partial charge in [-0.1, -0.05) is 64.0 Å². The van der Waals surface area contributed by atoms with Gasteiger partial charge in [-0.05, 0) is 25.5 Å². The lowest BCUT2D eigenvalue weighted by molar-refractivity contribution is 0.838. The van der Waals surface area contributed by atoms with Crippen LogP contribution in [0.15, 0.2) is 30.3 Å². The minimum atomic E-state index is -1.27. The van der Waals surface area contributed by atoms with Crippen molar-refractivity contribution < 1.29 is 0 Å². The third-order valence-electron chi connectivity index (χ3n) is 5.43. The fourth-order valence-corrected chi connectivity index (χ4v) is 8.10. The van der Waals surface area contributed by atoms with E-state index in [4.69, 9.17) is 0 Å². The van der Waals surface area contributed by atoms with Crippen molar-refractivity contribution in [1.82, 2.24) is 4.98 Å². The quantitative estimate of drug-likeness (QED) is 0.655. The summed E-state index contributed by atoms with van der Waals surface area (Å²) in [5.74, 6) is 0. The van der Waals surface area contributed by atoms with Gasteiger partial charge >= 0.3 is 0 Å². The van der Waals surface area contributed by atoms with Crippen molar-refractivity contribution in [1.29, 1.82) is 0 Å². The summed E-state index contributed by atoms with van der Waals surface area (Å²) in [6.07, 6.45) is 1.21. The topological polar surface area (TPSA) is 24.9 Å². The summed E-state index contributed by atoms with van der Waals surface area (Å²) in [4.78, 5) is 4.66. The van der Waals surface area contributed by atoms with Crippen LogP contribution in [0.3, 0.4) is 0 Å². The van der Waals surface area contributed by atoms with Crippen molar-refractivity contribution in [3.63, 3.8) is 0 Å². The summed E-state index contributed by atoms with van der Waals surface area (Å²) in [7, 11) is -1.27. The van der Waals surface area contributed by atoms with Crippen LogP contribution in [0, 0.1) is 6.92 Å². The molecule has 0 aliphatic rings. The molecule has 22 heavy (non-hydrogen) atoms. The number of aryl methyl sites for hydroxylation is 1. The van der Waals surface area contributed by atoms with Crippen LogP contribution in [0.4, 0.5) is 5.69 Å². The molecule has 1 atom stereocenters. The molecule has 1 aromatic heterocycles. The standard InChI is InChI=1S/C19H30N2Si/c1-6-19(22(7-2,8-3)9-4)21-18-14-15(5)20-17-13-11-10-12-16(17)18/h10-14,19H,6-9H2,1-5H3,(H,20,21). The molecule has 1 unspecified atom stereocenters. The maximum atomic E-state index is 4.66. The molecule has 0 spiro atoms. The van der Waals surface area contributed by atoms with E-state index < -0.39 is 8.07 Å². The number of nitrogens with zero attached hydrogens (tertiary/aromatic N) is 1. The van der Waals surface area contributed by atoms with Crippen LogP contribution >= 0.6 is 0 Å². The largest absolute Gasteiger partial charge is 0.384 e. The number of nitrogens with one attached hydrogen (secondary N) is 1. The highest BCUT2D eigenvalue weighted by atomic mass is 28.3. The fraction of sp³-hybridized carbons (Fsp3) is 0.526. The Morgan fingerprint density at radius 3 is 2.27 bits per heavy atom. The number of aromatic nitrogens is 1. The fourth-order valence-electron chi connectivity index (χ4n) is 3.79. The van der Waals surface area contributed by atoms with Crippen molar-refractivity contribution in [2.75, 3.05) is 5.32 Å². The minimum Gasteiger partial charge on any atom is -0.384 e. The zero-order chi connectivity index (χ0) is 16.2. The van der Waals surface area contributed by atoms with Crippen LogP contribution in [-0.4, -0.2) is 18.7 Å². The Bertz CT molecular complexity index is 612. The summed E-state index contributed by atoms with van der Waals surface area (Å²) < 4.78 is 0. The summed E-state index contributed by atoms with van der Waals surface area (Å²) in [5.41, 5.74) is 4.09. The normalized spacial score (nSPS) is 13.3. The summed E-state index contributed by atoms with van der Waals surface area (Å²) in [6, 6.07) is 14.7. The molecule has 0 saturated heterocycles. The molecule has 0 radical (unpaired) electrons. The van der Waals surface area contributed by atoms with Crippen molar-refractivity contribution >= 4 is 24.7 Å². The lowest BCUT2D eigenvalue weighted by atomic mass is 10.1. The van der Waals surface area contributed by atoms with Gasteiger partial charge in [-0.2, -0.15) is 0 Å². The minimum absolute atomic E-state index is 0.637. The zero-order valence-corrected chi connectivity index (χ0v) is 15.7. The van der Waals surface area contributed by atoms with Gasteiger partial charge in [-0.15, -0.1) is 0 Å². The predicted octanol–water partition coefficient (Wildman–Crippen LogP) is 5.78. The molecular weight excluding hydrogens is 284 g/mol. The molecule has 1 N–H and O–H groups in total. The smallest absolute Gasteiger partial charge is 0.0784 e. The lowest BCUT2D eigenvalue weighted by Gasteiger charge is -2.38. The Kier molecular flexibility index (Phi) is 5.62. The highest BCUT2D eigenvalue weighted by Crippen LogP contribution is 2.31. The van der Waals surface area contributed by atoms with Gasteiger partial charge < -0.3 is 5.32 Å². The third-order valence-corrected chi connectivity index (χ3v) is 11.7. The second-order valence-corrected chi connectivity index (χ2v) is 11.9. The lowest BCUT2D eigenvalue weighted by Crippen LogP contribution is -2.50. The Morgan fingerprint density at radius 1 is 1.05 bits per heavy atom. The van der Waals surface area contributed by atoms with Gasteiger partial charge in [0.25, 0.3) is 0 Å². The molecule has 0 fully saturated rings. The van der Waals surface area contributed by atoms with E-state index >= 15 is 0 Å². The number of anilines is 1. The Hall–Kier alpha value is -1.35. The number of pyridine rings is 1. The number of fused-ring (bicyclic) bond motifs is 1. The first-order chi connectivity index (χ1) is 10.6. The van der Waals surface area contributed by atoms with E-state index in [0.717, 1.165) is 11.2 Å². The SMILES string of the molecule is CCC(Nc1cc(C)nc2ccccc12)[Si](CC)(CC)CC. The van der Waals surface area contributed by atoms with Gasteiger partial charge in [-0.25, -0.2) is 0 Å². The van der Waals surface area contributed by atoms with E-state index in [1.807, 2.05) is 0 Å². The van der Waals surface area contributed by atoms with Crippen molar-refractivity contribution in [2.45, 2.75) is 64.8 Å². The molecule has 2 rings (SSSR count). The first kappa shape index (κ1) is 17.0. The second-order valence-electron chi connectivity index (χ2n) is 6.36. The van der Waals surface area contributed by atoms with Crippen LogP contribution in [-0.2, 0) is 0 Å². The zero-order valence-electron chi connectivity index (χ0n) is 14.7. The number of rotatable bonds is 7. The maximum absolute atomic E-state index is 4.66. The number of hydrogen-bond donors (Lipinski definition) is 1. The van der Waals surface area contributed by atoms with Gasteiger partial charge in [0.2, 0.25) is 0 Å². The van der Waals surface area contributed by atoms with Gasteiger partial charge in [0, 0.05) is 22.4 Å². The van der Waals surface area contributed by atoms with Crippen LogP contribution in [0.2, 0.25) is 18.1 Å². The predicted molar refractivity (Wildman–Crippen MR) is 101 cm³/mol. The van der Waals surface area contributed by atoms with Gasteiger partial charge in [-0.3, -0.25) is 4.98 Å². The first-order valence-electron chi connectivity index (χ1n) is 8.73. The van der Waals surface area contributed by atoms with Gasteiger partial charge in [0.1, 0.15) is 0 Å². The van der Waals surface area contributed by atoms with Gasteiger partial charge in [0.05, 0.1) is 13.6 Å². The first-order valence-corrected chi connectivity index (χ1v) is 11.4. The monoisotopic (exact) mass is 314 g/mol. The van der Waals surface area contributed by atoms with Crippen LogP contribution in [0.25, 0.3) is 10.9 Å². The molecular formula is C19H30N2Si. The number of para-hydroxylation sites is 1. The molecule has 0 saturated carbocycles. The van der Waals surface area contributed by atoms with Gasteiger partial charge in [0.15, 0.2) is 0 Å². The average Bonchev–Trinajstić information content (AvgIpc) is 2.55. The van der Waals surface area contributed by atoms with Crippen molar-refractivity contribution in [3.8, 4) is 0 Å². The summed E-state index contributed by atoms with van der Waals surface area (Å²) in [5, 5.41) is 5.18. The third kappa shape index (κ3) is 3.19. The number of benzene rings is 1. The van der Waals surface area contributed by atoms with E-state index in [0.29, 0.717) is 5.67 Å². The molecule has 0 bridgehead atoms. The van der Waals surface area contributed by atoms with Crippen LogP contribution in [0.5, 0.6) is 0 Å². The van der Waals surface area contributed by atoms with Crippen LogP contribution < -0.4 is 5.32 Å². The summed E-state index contributed by atoms with van der Waals surface area (Å²) in [6.45, 7) is 11.6. The second kappa shape index (κ2) is 7.27. The molecule has 0 amide bonds. The highest BCUT2D eigenvalue weighted by molar-refractivity contribution is 6.81. The highest BCUT2D eigenvalue weighted by Gasteiger charge is 2.35. The Labute approximate surface area is 136 Å². The molecule has 2 nitrogen and oxygen atoms in total. The van der Waals surface area contributed by atoms with Crippen molar-refractivity contribution in [3.05, 3.63) is 36.0 Å². The number of hydrogen-bond acceptors (Lipinski definition) is 2. The Morgan fingerprint density at radius 2 is 1.68 bits per heavy atom. The van der Waals surface area contributed by atoms with Crippen molar-refractivity contribution in [2.24, 2.45) is 0 Å². The van der Waals surface area contributed by atoms with Crippen LogP contribution in [0.1, 0.15) is 39.8 Å². The van der Waals surface area contributed by atoms with E-state index in [-0.39, 0.29) is 0 Å². The van der Waals surface area contributed by atoms with E-state index in [2.05, 4.69) is 75.3 Å². The average molecular weight is 315 g/mol. The summed E-state index contributed by atoms with van der Waals surface area (Å²) >= 11 is 0. The Balaban J connectivity index is 2.43. The van der Waals surface area contributed by atoms with E-state index in [1.165, 1.54) is 35.6 Å². The van der Waals surface area contributed by atoms with E-state index in [1.54, 1.807) is 0 Å². The molecule has 120 valence electrons. The molecule has 1 heterocycles. The molecule has 1 aromatic carbocycles.